The lowest BCUT2D eigenvalue weighted by atomic mass is 10.0. The number of rotatable bonds is 4. The molecule has 0 aromatic rings. The van der Waals surface area contributed by atoms with Crippen LogP contribution in [0.2, 0.25) is 0 Å². The number of ether oxygens (including phenoxy) is 1. The zero-order valence-corrected chi connectivity index (χ0v) is 6.99. The van der Waals surface area contributed by atoms with E-state index in [1.807, 2.05) is 0 Å². The average Bonchev–Trinajstić information content (AvgIpc) is 2.39. The van der Waals surface area contributed by atoms with Gasteiger partial charge in [0.05, 0.1) is 18.9 Å². The highest BCUT2D eigenvalue weighted by Crippen LogP contribution is 2.20. The Bertz CT molecular complexity index is 267. The van der Waals surface area contributed by atoms with Crippen molar-refractivity contribution in [2.75, 3.05) is 6.54 Å². The van der Waals surface area contributed by atoms with Crippen LogP contribution in [0.3, 0.4) is 0 Å². The highest BCUT2D eigenvalue weighted by atomic mass is 16.6. The molecule has 1 aliphatic heterocycles. The molecule has 70 valence electrons. The van der Waals surface area contributed by atoms with Crippen LogP contribution < -0.4 is 0 Å². The number of aliphatic imine (C=N–C) groups is 1. The van der Waals surface area contributed by atoms with Gasteiger partial charge in [-0.1, -0.05) is 0 Å². The summed E-state index contributed by atoms with van der Waals surface area (Å²) in [5.41, 5.74) is 0. The molecule has 0 saturated carbocycles. The minimum atomic E-state index is -0.464. The second-order valence-electron chi connectivity index (χ2n) is 2.81. The second kappa shape index (κ2) is 4.52. The summed E-state index contributed by atoms with van der Waals surface area (Å²) in [6.07, 6.45) is 2.70. The number of carbonyl (C=O) groups excluding carboxylic acids is 3. The van der Waals surface area contributed by atoms with Crippen molar-refractivity contribution in [3.63, 3.8) is 0 Å². The first kappa shape index (κ1) is 9.61. The van der Waals surface area contributed by atoms with Gasteiger partial charge >= 0.3 is 11.9 Å². The van der Waals surface area contributed by atoms with Crippen molar-refractivity contribution in [2.24, 2.45) is 10.9 Å². The van der Waals surface area contributed by atoms with Crippen molar-refractivity contribution < 1.29 is 19.1 Å². The first-order valence-electron chi connectivity index (χ1n) is 4.02. The fraction of sp³-hybridized carbons (Fsp3) is 0.625. The lowest BCUT2D eigenvalue weighted by molar-refractivity contribution is -0.153. The molecule has 0 radical (unpaired) electrons. The van der Waals surface area contributed by atoms with Crippen LogP contribution in [-0.4, -0.2) is 24.6 Å². The van der Waals surface area contributed by atoms with Gasteiger partial charge in [0.15, 0.2) is 0 Å². The molecule has 0 amide bonds. The van der Waals surface area contributed by atoms with Gasteiger partial charge in [-0.05, 0) is 12.8 Å². The van der Waals surface area contributed by atoms with Crippen LogP contribution in [0, 0.1) is 5.92 Å². The van der Waals surface area contributed by atoms with Crippen molar-refractivity contribution in [2.45, 2.75) is 19.3 Å². The highest BCUT2D eigenvalue weighted by molar-refractivity contribution is 5.94. The molecular formula is C8H9NO4. The normalized spacial score (nSPS) is 21.1. The first-order valence-corrected chi connectivity index (χ1v) is 4.02. The predicted molar refractivity (Wildman–Crippen MR) is 41.4 cm³/mol. The van der Waals surface area contributed by atoms with Gasteiger partial charge in [0.1, 0.15) is 0 Å². The molecular weight excluding hydrogens is 174 g/mol. The Morgan fingerprint density at radius 2 is 2.31 bits per heavy atom. The molecule has 1 saturated heterocycles. The molecule has 0 bridgehead atoms. The van der Waals surface area contributed by atoms with E-state index in [1.54, 1.807) is 0 Å². The van der Waals surface area contributed by atoms with E-state index in [4.69, 9.17) is 0 Å². The van der Waals surface area contributed by atoms with Crippen LogP contribution in [-0.2, 0) is 19.1 Å². The minimum Gasteiger partial charge on any atom is -0.393 e. The van der Waals surface area contributed by atoms with Crippen LogP contribution in [0.4, 0.5) is 0 Å². The third-order valence-corrected chi connectivity index (χ3v) is 1.85. The summed E-state index contributed by atoms with van der Waals surface area (Å²) in [6, 6.07) is 0. The Hall–Kier alpha value is -1.48. The number of hydrogen-bond donors (Lipinski definition) is 0. The molecule has 5 heteroatoms. The molecule has 0 aromatic heterocycles. The van der Waals surface area contributed by atoms with Gasteiger partial charge in [-0.25, -0.2) is 9.79 Å². The van der Waals surface area contributed by atoms with Crippen molar-refractivity contribution in [3.05, 3.63) is 0 Å². The molecule has 1 fully saturated rings. The maximum absolute atomic E-state index is 10.9. The maximum Gasteiger partial charge on any atom is 0.317 e. The van der Waals surface area contributed by atoms with Crippen molar-refractivity contribution in [3.8, 4) is 0 Å². The molecule has 1 aliphatic rings. The smallest absolute Gasteiger partial charge is 0.317 e. The fourth-order valence-electron chi connectivity index (χ4n) is 1.20. The van der Waals surface area contributed by atoms with E-state index in [1.165, 1.54) is 6.08 Å². The highest BCUT2D eigenvalue weighted by Gasteiger charge is 2.32. The lowest BCUT2D eigenvalue weighted by Crippen LogP contribution is -2.07. The first-order chi connectivity index (χ1) is 6.24. The number of carbonyl (C=O) groups is 2. The van der Waals surface area contributed by atoms with Crippen LogP contribution in [0.5, 0.6) is 0 Å². The zero-order chi connectivity index (χ0) is 9.68. The van der Waals surface area contributed by atoms with Gasteiger partial charge in [-0.15, -0.1) is 0 Å². The largest absolute Gasteiger partial charge is 0.393 e. The van der Waals surface area contributed by atoms with Crippen molar-refractivity contribution >= 4 is 18.0 Å². The molecule has 0 N–H and O–H groups in total. The third kappa shape index (κ3) is 2.80. The molecule has 0 aromatic carbocycles. The monoisotopic (exact) mass is 183 g/mol. The molecule has 1 unspecified atom stereocenters. The van der Waals surface area contributed by atoms with Crippen LogP contribution >= 0.6 is 0 Å². The summed E-state index contributed by atoms with van der Waals surface area (Å²) in [5, 5.41) is 0. The molecule has 5 nitrogen and oxygen atoms in total. The maximum atomic E-state index is 10.9. The lowest BCUT2D eigenvalue weighted by Gasteiger charge is -2.00. The Morgan fingerprint density at radius 3 is 2.85 bits per heavy atom. The number of cyclic esters (lactones) is 2. The van der Waals surface area contributed by atoms with Crippen LogP contribution in [0.25, 0.3) is 0 Å². The van der Waals surface area contributed by atoms with Gasteiger partial charge in [0, 0.05) is 0 Å². The number of hydrogen-bond acceptors (Lipinski definition) is 5. The van der Waals surface area contributed by atoms with Crippen molar-refractivity contribution in [1.29, 1.82) is 0 Å². The third-order valence-electron chi connectivity index (χ3n) is 1.85. The van der Waals surface area contributed by atoms with Gasteiger partial charge in [0.25, 0.3) is 0 Å². The summed E-state index contributed by atoms with van der Waals surface area (Å²) in [7, 11) is 0. The average molecular weight is 183 g/mol. The second-order valence-corrected chi connectivity index (χ2v) is 2.81. The Kier molecular flexibility index (Phi) is 3.34. The Labute approximate surface area is 74.8 Å². The van der Waals surface area contributed by atoms with Crippen LogP contribution in [0.15, 0.2) is 4.99 Å². The summed E-state index contributed by atoms with van der Waals surface area (Å²) >= 11 is 0. The van der Waals surface area contributed by atoms with Crippen molar-refractivity contribution in [1.82, 2.24) is 0 Å². The van der Waals surface area contributed by atoms with E-state index < -0.39 is 11.9 Å². The molecule has 0 aliphatic carbocycles. The molecule has 0 spiro atoms. The zero-order valence-electron chi connectivity index (χ0n) is 6.99. The topological polar surface area (TPSA) is 72.8 Å². The van der Waals surface area contributed by atoms with E-state index in [0.29, 0.717) is 19.4 Å². The van der Waals surface area contributed by atoms with Gasteiger partial charge in [0.2, 0.25) is 6.08 Å². The standard InChI is InChI=1S/C8H9NO4/c10-5-9-3-1-2-6-4-7(11)13-8(6)12/h6H,1-4H2. The van der Waals surface area contributed by atoms with Crippen LogP contribution in [0.1, 0.15) is 19.3 Å². The molecule has 13 heavy (non-hydrogen) atoms. The summed E-state index contributed by atoms with van der Waals surface area (Å²) in [5.74, 6) is -1.26. The molecule has 1 heterocycles. The van der Waals surface area contributed by atoms with E-state index in [0.717, 1.165) is 0 Å². The van der Waals surface area contributed by atoms with E-state index in [-0.39, 0.29) is 12.3 Å². The van der Waals surface area contributed by atoms with Gasteiger partial charge in [-0.2, -0.15) is 0 Å². The van der Waals surface area contributed by atoms with E-state index >= 15 is 0 Å². The number of esters is 2. The van der Waals surface area contributed by atoms with Gasteiger partial charge < -0.3 is 4.74 Å². The fourth-order valence-corrected chi connectivity index (χ4v) is 1.20. The SMILES string of the molecule is O=C=NCCCC1CC(=O)OC1=O. The predicted octanol–water partition coefficient (Wildman–Crippen LogP) is 0.192. The van der Waals surface area contributed by atoms with E-state index in [2.05, 4.69) is 9.73 Å². The number of nitrogens with zero attached hydrogens (tertiary/aromatic N) is 1. The Morgan fingerprint density at radius 1 is 1.54 bits per heavy atom. The van der Waals surface area contributed by atoms with E-state index in [9.17, 15) is 14.4 Å². The minimum absolute atomic E-state index is 0.156. The van der Waals surface area contributed by atoms with Gasteiger partial charge in [-0.3, -0.25) is 9.59 Å². The summed E-state index contributed by atoms with van der Waals surface area (Å²) < 4.78 is 4.35. The Balaban J connectivity index is 2.25. The molecule has 1 rings (SSSR count). The molecule has 1 atom stereocenters. The quantitative estimate of drug-likeness (QED) is 0.205. The summed E-state index contributed by atoms with van der Waals surface area (Å²) in [6.45, 7) is 0.349. The summed E-state index contributed by atoms with van der Waals surface area (Å²) in [4.78, 5) is 34.5. The number of isocyanates is 1.